The molecule has 0 unspecified atom stereocenters. The second-order valence-corrected chi connectivity index (χ2v) is 6.87. The maximum atomic E-state index is 14.2. The van der Waals surface area contributed by atoms with Crippen molar-refractivity contribution in [1.82, 2.24) is 5.32 Å². The van der Waals surface area contributed by atoms with E-state index in [1.807, 2.05) is 0 Å². The molecule has 1 saturated heterocycles. The van der Waals surface area contributed by atoms with Crippen LogP contribution in [-0.2, 0) is 10.1 Å². The topological polar surface area (TPSA) is 86.7 Å². The molecular weight excluding hydrogens is 399 g/mol. The van der Waals surface area contributed by atoms with Crippen molar-refractivity contribution >= 4 is 21.8 Å². The molecule has 1 heterocycles. The molecule has 0 atom stereocenters. The Morgan fingerprint density at radius 2 is 1.52 bits per heavy atom. The van der Waals surface area contributed by atoms with E-state index in [0.717, 1.165) is 17.0 Å². The van der Waals surface area contributed by atoms with Crippen LogP contribution in [0.3, 0.4) is 0 Å². The molecule has 2 aromatic carbocycles. The summed E-state index contributed by atoms with van der Waals surface area (Å²) < 4.78 is 101. The summed E-state index contributed by atoms with van der Waals surface area (Å²) >= 11 is 0. The Labute approximate surface area is 149 Å². The molecule has 0 radical (unpaired) electrons. The molecular formula is C15H9F5N2O4S. The van der Waals surface area contributed by atoms with Crippen molar-refractivity contribution in [2.24, 2.45) is 0 Å². The van der Waals surface area contributed by atoms with Crippen molar-refractivity contribution in [2.45, 2.75) is 4.90 Å². The molecule has 1 fully saturated rings. The Morgan fingerprint density at radius 1 is 0.963 bits per heavy atom. The van der Waals surface area contributed by atoms with E-state index < -0.39 is 61.3 Å². The maximum Gasteiger partial charge on any atom is 0.321 e. The number of hydrogen-bond acceptors (Lipinski definition) is 3. The Morgan fingerprint density at radius 3 is 2.00 bits per heavy atom. The number of carbonyl (C=O) groups is 1. The molecule has 144 valence electrons. The molecule has 27 heavy (non-hydrogen) atoms. The van der Waals surface area contributed by atoms with Crippen molar-refractivity contribution in [3.63, 3.8) is 0 Å². The van der Waals surface area contributed by atoms with Gasteiger partial charge in [0, 0.05) is 24.3 Å². The highest BCUT2D eigenvalue weighted by Gasteiger charge is 2.31. The average Bonchev–Trinajstić information content (AvgIpc) is 3.03. The predicted octanol–water partition coefficient (Wildman–Crippen LogP) is 2.83. The molecule has 0 aliphatic carbocycles. The smallest absolute Gasteiger partial charge is 0.321 e. The lowest BCUT2D eigenvalue weighted by Gasteiger charge is -2.18. The largest absolute Gasteiger partial charge is 0.336 e. The first-order valence-electron chi connectivity index (χ1n) is 7.22. The van der Waals surface area contributed by atoms with Crippen molar-refractivity contribution in [1.29, 1.82) is 0 Å². The van der Waals surface area contributed by atoms with Crippen LogP contribution in [-0.4, -0.2) is 32.1 Å². The number of anilines is 1. The first kappa shape index (κ1) is 19.0. The minimum absolute atomic E-state index is 0.0728. The van der Waals surface area contributed by atoms with E-state index in [4.69, 9.17) is 0 Å². The molecule has 2 aromatic rings. The number of amides is 2. The first-order chi connectivity index (χ1) is 12.5. The molecule has 3 rings (SSSR count). The minimum atomic E-state index is -5.10. The third-order valence-corrected chi connectivity index (χ3v) is 4.80. The van der Waals surface area contributed by atoms with Gasteiger partial charge in [0.05, 0.1) is 5.56 Å². The Balaban J connectivity index is 2.36. The summed E-state index contributed by atoms with van der Waals surface area (Å²) in [4.78, 5) is 11.7. The third kappa shape index (κ3) is 3.10. The second kappa shape index (κ2) is 6.46. The van der Waals surface area contributed by atoms with Crippen molar-refractivity contribution in [3.8, 4) is 11.1 Å². The fraction of sp³-hybridized carbons (Fsp3) is 0.133. The number of carbonyl (C=O) groups excluding carboxylic acids is 1. The zero-order chi connectivity index (χ0) is 20.1. The summed E-state index contributed by atoms with van der Waals surface area (Å²) in [5.74, 6) is -11.5. The Hall–Kier alpha value is -2.73. The maximum absolute atomic E-state index is 14.2. The van der Waals surface area contributed by atoms with Gasteiger partial charge in [-0.3, -0.25) is 9.45 Å². The Kier molecular flexibility index (Phi) is 4.56. The van der Waals surface area contributed by atoms with Gasteiger partial charge in [0.2, 0.25) is 5.82 Å². The molecule has 2 N–H and O–H groups in total. The lowest BCUT2D eigenvalue weighted by molar-refractivity contribution is 0.252. The van der Waals surface area contributed by atoms with Crippen LogP contribution in [0.2, 0.25) is 0 Å². The van der Waals surface area contributed by atoms with E-state index in [1.165, 1.54) is 0 Å². The van der Waals surface area contributed by atoms with Crippen LogP contribution in [0.25, 0.3) is 11.1 Å². The van der Waals surface area contributed by atoms with Crippen LogP contribution in [0.15, 0.2) is 23.1 Å². The Bertz CT molecular complexity index is 1050. The van der Waals surface area contributed by atoms with Gasteiger partial charge in [-0.1, -0.05) is 0 Å². The minimum Gasteiger partial charge on any atom is -0.336 e. The molecule has 0 spiro atoms. The molecule has 0 saturated carbocycles. The molecule has 2 amide bonds. The van der Waals surface area contributed by atoms with Crippen LogP contribution < -0.4 is 10.2 Å². The second-order valence-electron chi connectivity index (χ2n) is 5.48. The zero-order valence-electron chi connectivity index (χ0n) is 13.1. The van der Waals surface area contributed by atoms with Crippen molar-refractivity contribution in [3.05, 3.63) is 47.3 Å². The van der Waals surface area contributed by atoms with Crippen molar-refractivity contribution in [2.75, 3.05) is 18.0 Å². The van der Waals surface area contributed by atoms with Gasteiger partial charge in [-0.2, -0.15) is 8.42 Å². The van der Waals surface area contributed by atoms with E-state index in [2.05, 4.69) is 5.32 Å². The van der Waals surface area contributed by atoms with Gasteiger partial charge in [-0.25, -0.2) is 26.7 Å². The van der Waals surface area contributed by atoms with Crippen molar-refractivity contribution < 1.29 is 39.7 Å². The number of hydrogen-bond donors (Lipinski definition) is 2. The summed E-state index contributed by atoms with van der Waals surface area (Å²) in [5, 5.41) is 2.42. The summed E-state index contributed by atoms with van der Waals surface area (Å²) in [6.07, 6.45) is 0. The number of nitrogens with zero attached hydrogens (tertiary/aromatic N) is 1. The lowest BCUT2D eigenvalue weighted by Crippen LogP contribution is -2.27. The highest BCUT2D eigenvalue weighted by molar-refractivity contribution is 7.86. The number of nitrogens with one attached hydrogen (secondary N) is 1. The van der Waals surface area contributed by atoms with E-state index in [-0.39, 0.29) is 18.8 Å². The van der Waals surface area contributed by atoms with Gasteiger partial charge < -0.3 is 5.32 Å². The number of benzene rings is 2. The third-order valence-electron chi connectivity index (χ3n) is 3.89. The standard InChI is InChI=1S/C15H9F5N2O4S/c16-10-9(11(17)13(19)14(20)12(10)18)7-5-6(22-4-3-21-15(22)23)1-2-8(7)27(24,25)26/h1-2,5H,3-4H2,(H,21,23)(H,24,25,26). The van der Waals surface area contributed by atoms with Gasteiger partial charge >= 0.3 is 6.03 Å². The average molecular weight is 408 g/mol. The monoisotopic (exact) mass is 408 g/mol. The normalized spacial score (nSPS) is 14.6. The van der Waals surface area contributed by atoms with Gasteiger partial charge in [-0.05, 0) is 18.2 Å². The summed E-state index contributed by atoms with van der Waals surface area (Å²) in [7, 11) is -5.10. The quantitative estimate of drug-likeness (QED) is 0.354. The fourth-order valence-corrected chi connectivity index (χ4v) is 3.34. The van der Waals surface area contributed by atoms with E-state index in [9.17, 15) is 39.7 Å². The summed E-state index contributed by atoms with van der Waals surface area (Å²) in [6.45, 7) is 0.331. The van der Waals surface area contributed by atoms with Gasteiger partial charge in [0.1, 0.15) is 4.90 Å². The SMILES string of the molecule is O=C1NCCN1c1ccc(S(=O)(=O)O)c(-c2c(F)c(F)c(F)c(F)c2F)c1. The van der Waals surface area contributed by atoms with Gasteiger partial charge in [0.25, 0.3) is 10.1 Å². The number of halogens is 5. The molecule has 0 bridgehead atoms. The summed E-state index contributed by atoms with van der Waals surface area (Å²) in [5.41, 5.74) is -2.60. The van der Waals surface area contributed by atoms with Gasteiger partial charge in [0.15, 0.2) is 23.3 Å². The molecule has 6 nitrogen and oxygen atoms in total. The van der Waals surface area contributed by atoms with E-state index in [0.29, 0.717) is 6.07 Å². The first-order valence-corrected chi connectivity index (χ1v) is 8.66. The highest BCUT2D eigenvalue weighted by Crippen LogP contribution is 2.37. The predicted molar refractivity (Wildman–Crippen MR) is 82.2 cm³/mol. The van der Waals surface area contributed by atoms with Crippen LogP contribution in [0.4, 0.5) is 32.4 Å². The highest BCUT2D eigenvalue weighted by atomic mass is 32.2. The molecule has 0 aromatic heterocycles. The van der Waals surface area contributed by atoms with Crippen LogP contribution in [0.1, 0.15) is 0 Å². The molecule has 12 heteroatoms. The lowest BCUT2D eigenvalue weighted by atomic mass is 10.0. The van der Waals surface area contributed by atoms with E-state index in [1.54, 1.807) is 0 Å². The van der Waals surface area contributed by atoms with Crippen LogP contribution in [0, 0.1) is 29.1 Å². The fourth-order valence-electron chi connectivity index (χ4n) is 2.67. The number of urea groups is 1. The zero-order valence-corrected chi connectivity index (χ0v) is 13.9. The summed E-state index contributed by atoms with van der Waals surface area (Å²) in [6, 6.07) is 1.87. The van der Waals surface area contributed by atoms with Crippen LogP contribution in [0.5, 0.6) is 0 Å². The van der Waals surface area contributed by atoms with Gasteiger partial charge in [-0.15, -0.1) is 0 Å². The van der Waals surface area contributed by atoms with E-state index >= 15 is 0 Å². The molecule has 1 aliphatic rings. The van der Waals surface area contributed by atoms with Crippen LogP contribution >= 0.6 is 0 Å². The number of rotatable bonds is 3. The molecule has 1 aliphatic heterocycles.